The van der Waals surface area contributed by atoms with Gasteiger partial charge >= 0.3 is 0 Å². The maximum atomic E-state index is 5.92. The molecular formula is C15H28N4S. The molecule has 1 unspecified atom stereocenters. The van der Waals surface area contributed by atoms with E-state index in [4.69, 9.17) is 10.7 Å². The summed E-state index contributed by atoms with van der Waals surface area (Å²) < 4.78 is 0. The number of nitrogens with two attached hydrogens (primary N) is 1. The van der Waals surface area contributed by atoms with E-state index in [1.165, 1.54) is 28.5 Å². The van der Waals surface area contributed by atoms with Gasteiger partial charge in [0.2, 0.25) is 0 Å². The minimum atomic E-state index is 0.0697. The Labute approximate surface area is 127 Å². The molecule has 0 aliphatic carbocycles. The van der Waals surface area contributed by atoms with Crippen LogP contribution in [0.5, 0.6) is 0 Å². The largest absolute Gasteiger partial charge is 0.344 e. The molecular weight excluding hydrogens is 268 g/mol. The molecule has 0 bridgehead atoms. The highest BCUT2D eigenvalue weighted by molar-refractivity contribution is 7.15. The van der Waals surface area contributed by atoms with Crippen molar-refractivity contribution in [1.29, 1.82) is 0 Å². The van der Waals surface area contributed by atoms with E-state index < -0.39 is 0 Å². The second kappa shape index (κ2) is 6.00. The van der Waals surface area contributed by atoms with E-state index >= 15 is 0 Å². The number of likely N-dealkylation sites (N-methyl/N-ethyl adjacent to an activating group) is 1. The van der Waals surface area contributed by atoms with E-state index in [1.807, 2.05) is 0 Å². The number of nitrogens with zero attached hydrogens (tertiary/aromatic N) is 3. The molecule has 1 aromatic rings. The summed E-state index contributed by atoms with van der Waals surface area (Å²) >= 11 is 1.79. The van der Waals surface area contributed by atoms with Crippen LogP contribution in [0, 0.1) is 0 Å². The van der Waals surface area contributed by atoms with Crippen LogP contribution in [0.1, 0.15) is 44.2 Å². The van der Waals surface area contributed by atoms with Crippen LogP contribution in [-0.2, 0) is 12.0 Å². The lowest BCUT2D eigenvalue weighted by Gasteiger charge is -2.26. The molecule has 1 fully saturated rings. The molecule has 2 N–H and O–H groups in total. The molecule has 1 saturated heterocycles. The van der Waals surface area contributed by atoms with Gasteiger partial charge in [0.05, 0.1) is 5.69 Å². The molecule has 2 rings (SSSR count). The van der Waals surface area contributed by atoms with Gasteiger partial charge in [0.15, 0.2) is 5.13 Å². The quantitative estimate of drug-likeness (QED) is 0.927. The van der Waals surface area contributed by atoms with Gasteiger partial charge in [-0.2, -0.15) is 0 Å². The number of rotatable bonds is 4. The first-order chi connectivity index (χ1) is 9.32. The first-order valence-corrected chi connectivity index (χ1v) is 8.26. The molecule has 0 radical (unpaired) electrons. The Bertz CT molecular complexity index is 447. The molecule has 1 aliphatic rings. The molecule has 0 amide bonds. The molecule has 20 heavy (non-hydrogen) atoms. The van der Waals surface area contributed by atoms with E-state index in [1.54, 1.807) is 11.3 Å². The average Bonchev–Trinajstić information content (AvgIpc) is 2.92. The van der Waals surface area contributed by atoms with Gasteiger partial charge in [-0.3, -0.25) is 0 Å². The van der Waals surface area contributed by atoms with Crippen LogP contribution in [0.2, 0.25) is 0 Å². The minimum Gasteiger partial charge on any atom is -0.344 e. The third-order valence-electron chi connectivity index (χ3n) is 3.78. The molecule has 0 spiro atoms. The second-order valence-electron chi connectivity index (χ2n) is 6.97. The van der Waals surface area contributed by atoms with Crippen molar-refractivity contribution < 1.29 is 0 Å². The van der Waals surface area contributed by atoms with Crippen LogP contribution < -0.4 is 10.6 Å². The summed E-state index contributed by atoms with van der Waals surface area (Å²) in [5, 5.41) is 1.17. The van der Waals surface area contributed by atoms with Crippen molar-refractivity contribution in [3.8, 4) is 0 Å². The molecule has 1 aliphatic heterocycles. The molecule has 1 aromatic heterocycles. The van der Waals surface area contributed by atoms with Crippen LogP contribution in [-0.4, -0.2) is 43.1 Å². The van der Waals surface area contributed by atoms with E-state index in [0.29, 0.717) is 12.6 Å². The van der Waals surface area contributed by atoms with Gasteiger partial charge in [-0.05, 0) is 26.9 Å². The van der Waals surface area contributed by atoms with Crippen molar-refractivity contribution in [2.75, 3.05) is 32.1 Å². The second-order valence-corrected chi connectivity index (χ2v) is 8.04. The van der Waals surface area contributed by atoms with Crippen LogP contribution in [0.15, 0.2) is 0 Å². The van der Waals surface area contributed by atoms with E-state index in [0.717, 1.165) is 13.1 Å². The van der Waals surface area contributed by atoms with Gasteiger partial charge in [0.1, 0.15) is 0 Å². The first kappa shape index (κ1) is 15.7. The summed E-state index contributed by atoms with van der Waals surface area (Å²) in [6.45, 7) is 9.46. The van der Waals surface area contributed by atoms with E-state index in [9.17, 15) is 0 Å². The lowest BCUT2D eigenvalue weighted by molar-refractivity contribution is 0.372. The van der Waals surface area contributed by atoms with E-state index in [2.05, 4.69) is 44.7 Å². The Morgan fingerprint density at radius 3 is 2.60 bits per heavy atom. The highest BCUT2D eigenvalue weighted by atomic mass is 32.1. The molecule has 0 aromatic carbocycles. The summed E-state index contributed by atoms with van der Waals surface area (Å²) in [5.41, 5.74) is 7.16. The van der Waals surface area contributed by atoms with Crippen molar-refractivity contribution in [3.05, 3.63) is 10.6 Å². The highest BCUT2D eigenvalue weighted by Gasteiger charge is 2.30. The van der Waals surface area contributed by atoms with Gasteiger partial charge in [-0.25, -0.2) is 4.98 Å². The van der Waals surface area contributed by atoms with Crippen LogP contribution in [0.3, 0.4) is 0 Å². The Balaban J connectivity index is 2.26. The zero-order chi connectivity index (χ0) is 14.9. The minimum absolute atomic E-state index is 0.0697. The maximum Gasteiger partial charge on any atom is 0.186 e. The topological polar surface area (TPSA) is 45.4 Å². The molecule has 4 nitrogen and oxygen atoms in total. The monoisotopic (exact) mass is 296 g/mol. The summed E-state index contributed by atoms with van der Waals surface area (Å²) in [6.07, 6.45) is 2.53. The van der Waals surface area contributed by atoms with Crippen molar-refractivity contribution >= 4 is 16.5 Å². The molecule has 2 heterocycles. The zero-order valence-electron chi connectivity index (χ0n) is 13.4. The maximum absolute atomic E-state index is 5.92. The number of hydrogen-bond acceptors (Lipinski definition) is 5. The summed E-state index contributed by atoms with van der Waals surface area (Å²) in [7, 11) is 4.29. The summed E-state index contributed by atoms with van der Waals surface area (Å²) in [5.74, 6) is 0. The lowest BCUT2D eigenvalue weighted by Crippen LogP contribution is -2.37. The van der Waals surface area contributed by atoms with Crippen LogP contribution in [0.4, 0.5) is 5.13 Å². The fraction of sp³-hybridized carbons (Fsp3) is 0.800. The number of hydrogen-bond donors (Lipinski definition) is 1. The zero-order valence-corrected chi connectivity index (χ0v) is 14.3. The van der Waals surface area contributed by atoms with Crippen molar-refractivity contribution in [1.82, 2.24) is 9.88 Å². The Kier molecular flexibility index (Phi) is 4.72. The predicted molar refractivity (Wildman–Crippen MR) is 87.6 cm³/mol. The smallest absolute Gasteiger partial charge is 0.186 e. The van der Waals surface area contributed by atoms with Gasteiger partial charge in [-0.15, -0.1) is 11.3 Å². The van der Waals surface area contributed by atoms with E-state index in [-0.39, 0.29) is 5.41 Å². The number of thiazole rings is 1. The van der Waals surface area contributed by atoms with Gasteiger partial charge < -0.3 is 15.5 Å². The SMILES string of the molecule is CN(C)CC1CCCN1c1nc(C(C)(C)C)c(CN)s1. The highest BCUT2D eigenvalue weighted by Crippen LogP contribution is 2.36. The standard InChI is InChI=1S/C15H28N4S/c1-15(2,3)13-12(9-16)20-14(17-13)19-8-6-7-11(19)10-18(4)5/h11H,6-10,16H2,1-5H3. The molecule has 114 valence electrons. The van der Waals surface area contributed by atoms with Crippen molar-refractivity contribution in [2.45, 2.75) is 51.6 Å². The first-order valence-electron chi connectivity index (χ1n) is 7.44. The normalized spacial score (nSPS) is 20.1. The summed E-state index contributed by atoms with van der Waals surface area (Å²) in [4.78, 5) is 10.9. The third kappa shape index (κ3) is 3.32. The molecule has 0 saturated carbocycles. The van der Waals surface area contributed by atoms with Crippen molar-refractivity contribution in [2.24, 2.45) is 5.73 Å². The molecule has 5 heteroatoms. The van der Waals surface area contributed by atoms with Crippen LogP contribution >= 0.6 is 11.3 Å². The number of aromatic nitrogens is 1. The van der Waals surface area contributed by atoms with Crippen LogP contribution in [0.25, 0.3) is 0 Å². The van der Waals surface area contributed by atoms with Gasteiger partial charge in [-0.1, -0.05) is 20.8 Å². The Hall–Kier alpha value is -0.650. The average molecular weight is 296 g/mol. The fourth-order valence-electron chi connectivity index (χ4n) is 2.89. The van der Waals surface area contributed by atoms with Crippen molar-refractivity contribution in [3.63, 3.8) is 0 Å². The predicted octanol–water partition coefficient (Wildman–Crippen LogP) is 2.43. The lowest BCUT2D eigenvalue weighted by atomic mass is 9.91. The van der Waals surface area contributed by atoms with Gasteiger partial charge in [0.25, 0.3) is 0 Å². The fourth-order valence-corrected chi connectivity index (χ4v) is 4.13. The third-order valence-corrected chi connectivity index (χ3v) is 4.90. The Morgan fingerprint density at radius 1 is 1.40 bits per heavy atom. The van der Waals surface area contributed by atoms with Gasteiger partial charge in [0, 0.05) is 36.0 Å². The Morgan fingerprint density at radius 2 is 2.10 bits per heavy atom. The number of anilines is 1. The molecule has 1 atom stereocenters. The summed E-state index contributed by atoms with van der Waals surface area (Å²) in [6, 6.07) is 0.592.